The fraction of sp³-hybridized carbons (Fsp3) is 0.600. The van der Waals surface area contributed by atoms with Crippen molar-refractivity contribution < 1.29 is 9.53 Å². The van der Waals surface area contributed by atoms with Crippen molar-refractivity contribution in [2.45, 2.75) is 12.6 Å². The summed E-state index contributed by atoms with van der Waals surface area (Å²) in [4.78, 5) is 11.7. The highest BCUT2D eigenvalue weighted by atomic mass is 16.5. The zero-order valence-corrected chi connectivity index (χ0v) is 9.27. The maximum atomic E-state index is 11.7. The van der Waals surface area contributed by atoms with Crippen LogP contribution in [-0.2, 0) is 23.1 Å². The fourth-order valence-electron chi connectivity index (χ4n) is 1.60. The van der Waals surface area contributed by atoms with Crippen LogP contribution in [0.1, 0.15) is 5.69 Å². The quantitative estimate of drug-likeness (QED) is 0.693. The topological polar surface area (TPSA) is 68.2 Å². The summed E-state index contributed by atoms with van der Waals surface area (Å²) in [5.41, 5.74) is 0.970. The minimum Gasteiger partial charge on any atom is -0.366 e. The van der Waals surface area contributed by atoms with E-state index in [2.05, 4.69) is 15.7 Å². The monoisotopic (exact) mass is 224 g/mol. The molecule has 1 aliphatic rings. The average Bonchev–Trinajstić information content (AvgIpc) is 2.73. The molecule has 16 heavy (non-hydrogen) atoms. The minimum atomic E-state index is -0.373. The molecule has 0 aliphatic carbocycles. The van der Waals surface area contributed by atoms with Crippen LogP contribution in [0.25, 0.3) is 0 Å². The van der Waals surface area contributed by atoms with E-state index in [1.807, 2.05) is 13.1 Å². The SMILES string of the molecule is Cn1nccc1CNC(=O)C1CNCCO1. The summed E-state index contributed by atoms with van der Waals surface area (Å²) in [6.07, 6.45) is 1.34. The normalized spacial score (nSPS) is 20.7. The van der Waals surface area contributed by atoms with Gasteiger partial charge in [0.15, 0.2) is 0 Å². The van der Waals surface area contributed by atoms with Gasteiger partial charge < -0.3 is 15.4 Å². The second-order valence-corrected chi connectivity index (χ2v) is 3.73. The van der Waals surface area contributed by atoms with E-state index in [1.165, 1.54) is 0 Å². The van der Waals surface area contributed by atoms with Crippen LogP contribution in [0.4, 0.5) is 0 Å². The van der Waals surface area contributed by atoms with Crippen molar-refractivity contribution in [2.75, 3.05) is 19.7 Å². The number of carbonyl (C=O) groups is 1. The van der Waals surface area contributed by atoms with Gasteiger partial charge in [-0.25, -0.2) is 0 Å². The van der Waals surface area contributed by atoms with Crippen molar-refractivity contribution in [3.8, 4) is 0 Å². The van der Waals surface area contributed by atoms with Crippen molar-refractivity contribution in [3.05, 3.63) is 18.0 Å². The highest BCUT2D eigenvalue weighted by molar-refractivity contribution is 5.81. The van der Waals surface area contributed by atoms with Gasteiger partial charge in [-0.2, -0.15) is 5.10 Å². The average molecular weight is 224 g/mol. The summed E-state index contributed by atoms with van der Waals surface area (Å²) in [6.45, 7) is 2.46. The molecule has 2 heterocycles. The highest BCUT2D eigenvalue weighted by Crippen LogP contribution is 1.99. The number of hydrogen-bond acceptors (Lipinski definition) is 4. The van der Waals surface area contributed by atoms with Crippen molar-refractivity contribution in [1.82, 2.24) is 20.4 Å². The van der Waals surface area contributed by atoms with Gasteiger partial charge in [-0.1, -0.05) is 0 Å². The lowest BCUT2D eigenvalue weighted by molar-refractivity contribution is -0.134. The van der Waals surface area contributed by atoms with Crippen LogP contribution in [0.5, 0.6) is 0 Å². The maximum absolute atomic E-state index is 11.7. The number of aromatic nitrogens is 2. The van der Waals surface area contributed by atoms with E-state index < -0.39 is 0 Å². The minimum absolute atomic E-state index is 0.0756. The number of nitrogens with zero attached hydrogens (tertiary/aromatic N) is 2. The molecular weight excluding hydrogens is 208 g/mol. The molecule has 88 valence electrons. The second kappa shape index (κ2) is 5.09. The van der Waals surface area contributed by atoms with Crippen LogP contribution in [-0.4, -0.2) is 41.5 Å². The summed E-state index contributed by atoms with van der Waals surface area (Å²) in [6, 6.07) is 1.88. The summed E-state index contributed by atoms with van der Waals surface area (Å²) in [7, 11) is 1.85. The van der Waals surface area contributed by atoms with Crippen LogP contribution in [0, 0.1) is 0 Å². The van der Waals surface area contributed by atoms with Gasteiger partial charge in [-0.3, -0.25) is 9.48 Å². The van der Waals surface area contributed by atoms with Crippen LogP contribution in [0.2, 0.25) is 0 Å². The number of nitrogens with one attached hydrogen (secondary N) is 2. The van der Waals surface area contributed by atoms with Crippen LogP contribution < -0.4 is 10.6 Å². The largest absolute Gasteiger partial charge is 0.366 e. The number of aryl methyl sites for hydroxylation is 1. The smallest absolute Gasteiger partial charge is 0.250 e. The molecule has 1 aliphatic heterocycles. The van der Waals surface area contributed by atoms with Crippen LogP contribution >= 0.6 is 0 Å². The van der Waals surface area contributed by atoms with Crippen molar-refractivity contribution in [3.63, 3.8) is 0 Å². The molecule has 2 N–H and O–H groups in total. The highest BCUT2D eigenvalue weighted by Gasteiger charge is 2.21. The Hall–Kier alpha value is -1.40. The van der Waals surface area contributed by atoms with Crippen molar-refractivity contribution in [1.29, 1.82) is 0 Å². The first-order chi connectivity index (χ1) is 7.77. The van der Waals surface area contributed by atoms with Gasteiger partial charge in [-0.15, -0.1) is 0 Å². The van der Waals surface area contributed by atoms with Gasteiger partial charge in [0, 0.05) is 26.3 Å². The Labute approximate surface area is 94.0 Å². The molecule has 2 rings (SSSR count). The number of hydrogen-bond donors (Lipinski definition) is 2. The van der Waals surface area contributed by atoms with Gasteiger partial charge >= 0.3 is 0 Å². The molecular formula is C10H16N4O2. The first-order valence-corrected chi connectivity index (χ1v) is 5.34. The van der Waals surface area contributed by atoms with Gasteiger partial charge in [0.2, 0.25) is 0 Å². The number of ether oxygens (including phenoxy) is 1. The summed E-state index contributed by atoms with van der Waals surface area (Å²) >= 11 is 0. The zero-order valence-electron chi connectivity index (χ0n) is 9.27. The first-order valence-electron chi connectivity index (χ1n) is 5.34. The lowest BCUT2D eigenvalue weighted by atomic mass is 10.3. The Bertz CT molecular complexity index is 357. The number of rotatable bonds is 3. The molecule has 1 fully saturated rings. The Balaban J connectivity index is 1.81. The molecule has 1 amide bonds. The van der Waals surface area contributed by atoms with E-state index in [1.54, 1.807) is 10.9 Å². The zero-order chi connectivity index (χ0) is 11.4. The molecule has 1 aromatic heterocycles. The third-order valence-electron chi connectivity index (χ3n) is 2.59. The standard InChI is InChI=1S/C10H16N4O2/c1-14-8(2-3-13-14)6-12-10(15)9-7-11-4-5-16-9/h2-3,9,11H,4-7H2,1H3,(H,12,15). The second-order valence-electron chi connectivity index (χ2n) is 3.73. The van der Waals surface area contributed by atoms with E-state index in [-0.39, 0.29) is 12.0 Å². The molecule has 0 aromatic carbocycles. The number of morpholine rings is 1. The maximum Gasteiger partial charge on any atom is 0.250 e. The van der Waals surface area contributed by atoms with E-state index >= 15 is 0 Å². The summed E-state index contributed by atoms with van der Waals surface area (Å²) < 4.78 is 7.08. The molecule has 6 heteroatoms. The molecule has 0 radical (unpaired) electrons. The first kappa shape index (κ1) is 11.1. The fourth-order valence-corrected chi connectivity index (χ4v) is 1.60. The Kier molecular flexibility index (Phi) is 3.53. The third kappa shape index (κ3) is 2.59. The van der Waals surface area contributed by atoms with E-state index in [0.29, 0.717) is 19.7 Å². The molecule has 1 saturated heterocycles. The molecule has 1 unspecified atom stereocenters. The van der Waals surface area contributed by atoms with E-state index in [4.69, 9.17) is 4.74 Å². The lowest BCUT2D eigenvalue weighted by Crippen LogP contribution is -2.47. The lowest BCUT2D eigenvalue weighted by Gasteiger charge is -2.22. The van der Waals surface area contributed by atoms with Gasteiger partial charge in [-0.05, 0) is 6.07 Å². The van der Waals surface area contributed by atoms with Gasteiger partial charge in [0.25, 0.3) is 5.91 Å². The van der Waals surface area contributed by atoms with Crippen LogP contribution in [0.15, 0.2) is 12.3 Å². The Morgan fingerprint density at radius 3 is 3.31 bits per heavy atom. The number of amides is 1. The third-order valence-corrected chi connectivity index (χ3v) is 2.59. The van der Waals surface area contributed by atoms with Crippen LogP contribution in [0.3, 0.4) is 0 Å². The molecule has 0 saturated carbocycles. The van der Waals surface area contributed by atoms with Gasteiger partial charge in [0.05, 0.1) is 18.8 Å². The van der Waals surface area contributed by atoms with E-state index in [0.717, 1.165) is 12.2 Å². The molecule has 0 bridgehead atoms. The van der Waals surface area contributed by atoms with Crippen molar-refractivity contribution in [2.24, 2.45) is 7.05 Å². The van der Waals surface area contributed by atoms with Crippen molar-refractivity contribution >= 4 is 5.91 Å². The Morgan fingerprint density at radius 2 is 2.69 bits per heavy atom. The Morgan fingerprint density at radius 1 is 1.81 bits per heavy atom. The summed E-state index contributed by atoms with van der Waals surface area (Å²) in [5, 5.41) is 9.98. The predicted molar refractivity (Wildman–Crippen MR) is 57.7 cm³/mol. The predicted octanol–water partition coefficient (Wildman–Crippen LogP) is -0.975. The molecule has 1 atom stereocenters. The molecule has 6 nitrogen and oxygen atoms in total. The van der Waals surface area contributed by atoms with E-state index in [9.17, 15) is 4.79 Å². The molecule has 0 spiro atoms. The number of carbonyl (C=O) groups excluding carboxylic acids is 1. The molecule has 1 aromatic rings. The van der Waals surface area contributed by atoms with Gasteiger partial charge in [0.1, 0.15) is 6.10 Å². The summed E-state index contributed by atoms with van der Waals surface area (Å²) in [5.74, 6) is -0.0756.